The normalized spacial score (nSPS) is 31.6. The second kappa shape index (κ2) is 7.64. The molecule has 0 aromatic rings. The van der Waals surface area contributed by atoms with Crippen molar-refractivity contribution in [3.05, 3.63) is 0 Å². The predicted octanol–water partition coefficient (Wildman–Crippen LogP) is 4.12. The molecule has 0 saturated carbocycles. The molecule has 1 N–H and O–H groups in total. The maximum absolute atomic E-state index is 10.7. The van der Waals surface area contributed by atoms with Crippen molar-refractivity contribution in [1.29, 1.82) is 0 Å². The van der Waals surface area contributed by atoms with Crippen LogP contribution < -0.4 is 0 Å². The Kier molecular flexibility index (Phi) is 6.15. The van der Waals surface area contributed by atoms with E-state index in [0.717, 1.165) is 25.8 Å². The van der Waals surface area contributed by atoms with Crippen LogP contribution in [-0.2, 0) is 0 Å². The molecular formula is C17H33NO. The molecule has 2 unspecified atom stereocenters. The number of fused-ring (bicyclic) bond motifs is 1. The van der Waals surface area contributed by atoms with Crippen molar-refractivity contribution in [1.82, 2.24) is 4.90 Å². The van der Waals surface area contributed by atoms with E-state index >= 15 is 0 Å². The molecule has 0 radical (unpaired) electrons. The standard InChI is InChI=1S/C17H33NO/c1-2-3-4-5-6-7-8-11-17(19)12-14-18-13-9-10-16(18)15-17/h16,19H,2-15H2,1H3. The lowest BCUT2D eigenvalue weighted by Gasteiger charge is -2.41. The fourth-order valence-corrected chi connectivity index (χ4v) is 3.95. The van der Waals surface area contributed by atoms with Crippen LogP contribution in [0.25, 0.3) is 0 Å². The fraction of sp³-hybridized carbons (Fsp3) is 1.00. The number of aliphatic hydroxyl groups is 1. The Morgan fingerprint density at radius 3 is 2.58 bits per heavy atom. The third kappa shape index (κ3) is 4.75. The molecule has 2 nitrogen and oxygen atoms in total. The Bertz CT molecular complexity index is 256. The Morgan fingerprint density at radius 2 is 1.79 bits per heavy atom. The highest BCUT2D eigenvalue weighted by Gasteiger charge is 2.39. The highest BCUT2D eigenvalue weighted by molar-refractivity contribution is 4.94. The van der Waals surface area contributed by atoms with Crippen molar-refractivity contribution >= 4 is 0 Å². The molecule has 2 saturated heterocycles. The third-order valence-corrected chi connectivity index (χ3v) is 5.22. The molecule has 0 amide bonds. The van der Waals surface area contributed by atoms with Crippen molar-refractivity contribution in [2.24, 2.45) is 0 Å². The maximum atomic E-state index is 10.7. The maximum Gasteiger partial charge on any atom is 0.0674 e. The van der Waals surface area contributed by atoms with E-state index < -0.39 is 0 Å². The van der Waals surface area contributed by atoms with Gasteiger partial charge in [-0.05, 0) is 38.6 Å². The lowest BCUT2D eigenvalue weighted by Crippen LogP contribution is -2.47. The Labute approximate surface area is 119 Å². The van der Waals surface area contributed by atoms with E-state index in [1.165, 1.54) is 64.3 Å². The van der Waals surface area contributed by atoms with Crippen molar-refractivity contribution < 1.29 is 5.11 Å². The van der Waals surface area contributed by atoms with Crippen LogP contribution in [0, 0.1) is 0 Å². The first-order chi connectivity index (χ1) is 9.23. The average Bonchev–Trinajstić information content (AvgIpc) is 2.84. The molecule has 2 aliphatic heterocycles. The number of rotatable bonds is 8. The predicted molar refractivity (Wildman–Crippen MR) is 81.4 cm³/mol. The third-order valence-electron chi connectivity index (χ3n) is 5.22. The van der Waals surface area contributed by atoms with Gasteiger partial charge in [0.05, 0.1) is 5.60 Å². The molecule has 0 aromatic heterocycles. The van der Waals surface area contributed by atoms with Crippen molar-refractivity contribution in [2.45, 2.75) is 95.6 Å². The molecule has 0 aromatic carbocycles. The summed E-state index contributed by atoms with van der Waals surface area (Å²) in [5, 5.41) is 10.7. The summed E-state index contributed by atoms with van der Waals surface area (Å²) >= 11 is 0. The van der Waals surface area contributed by atoms with Crippen LogP contribution in [0.3, 0.4) is 0 Å². The summed E-state index contributed by atoms with van der Waals surface area (Å²) in [6.07, 6.45) is 15.2. The molecule has 0 bridgehead atoms. The van der Waals surface area contributed by atoms with Crippen LogP contribution in [-0.4, -0.2) is 34.7 Å². The van der Waals surface area contributed by atoms with E-state index in [2.05, 4.69) is 11.8 Å². The summed E-state index contributed by atoms with van der Waals surface area (Å²) in [4.78, 5) is 2.60. The van der Waals surface area contributed by atoms with Gasteiger partial charge in [0.25, 0.3) is 0 Å². The fourth-order valence-electron chi connectivity index (χ4n) is 3.95. The Hall–Kier alpha value is -0.0800. The molecule has 2 heterocycles. The molecule has 2 fully saturated rings. The van der Waals surface area contributed by atoms with Gasteiger partial charge in [-0.3, -0.25) is 0 Å². The van der Waals surface area contributed by atoms with Crippen LogP contribution >= 0.6 is 0 Å². The SMILES string of the molecule is CCCCCCCCCC1(O)CCN2CCCC2C1. The number of piperidine rings is 1. The van der Waals surface area contributed by atoms with Gasteiger partial charge in [-0.25, -0.2) is 0 Å². The zero-order valence-corrected chi connectivity index (χ0v) is 12.9. The van der Waals surface area contributed by atoms with Gasteiger partial charge >= 0.3 is 0 Å². The molecule has 2 aliphatic rings. The molecule has 2 rings (SSSR count). The smallest absolute Gasteiger partial charge is 0.0674 e. The van der Waals surface area contributed by atoms with Gasteiger partial charge in [0.15, 0.2) is 0 Å². The molecule has 0 aliphatic carbocycles. The number of hydrogen-bond acceptors (Lipinski definition) is 2. The van der Waals surface area contributed by atoms with Gasteiger partial charge in [0.1, 0.15) is 0 Å². The highest BCUT2D eigenvalue weighted by atomic mass is 16.3. The van der Waals surface area contributed by atoms with Crippen molar-refractivity contribution in [3.8, 4) is 0 Å². The minimum absolute atomic E-state index is 0.324. The summed E-state index contributed by atoms with van der Waals surface area (Å²) < 4.78 is 0. The lowest BCUT2D eigenvalue weighted by molar-refractivity contribution is -0.0434. The molecule has 2 atom stereocenters. The number of nitrogens with zero attached hydrogens (tertiary/aromatic N) is 1. The molecule has 19 heavy (non-hydrogen) atoms. The molecule has 0 spiro atoms. The number of hydrogen-bond donors (Lipinski definition) is 1. The quantitative estimate of drug-likeness (QED) is 0.669. The molecule has 112 valence electrons. The summed E-state index contributed by atoms with van der Waals surface area (Å²) in [6.45, 7) is 4.68. The highest BCUT2D eigenvalue weighted by Crippen LogP contribution is 2.36. The van der Waals surface area contributed by atoms with E-state index in [9.17, 15) is 5.11 Å². The van der Waals surface area contributed by atoms with Crippen LogP contribution in [0.4, 0.5) is 0 Å². The Morgan fingerprint density at radius 1 is 1.05 bits per heavy atom. The van der Waals surface area contributed by atoms with Gasteiger partial charge in [0, 0.05) is 12.6 Å². The summed E-state index contributed by atoms with van der Waals surface area (Å²) in [5.74, 6) is 0. The largest absolute Gasteiger partial charge is 0.390 e. The molecule has 2 heteroatoms. The first-order valence-electron chi connectivity index (χ1n) is 8.70. The van der Waals surface area contributed by atoms with E-state index in [4.69, 9.17) is 0 Å². The first kappa shape index (κ1) is 15.3. The summed E-state index contributed by atoms with van der Waals surface area (Å²) in [7, 11) is 0. The topological polar surface area (TPSA) is 23.5 Å². The van der Waals surface area contributed by atoms with Crippen LogP contribution in [0.15, 0.2) is 0 Å². The first-order valence-corrected chi connectivity index (χ1v) is 8.70. The van der Waals surface area contributed by atoms with Gasteiger partial charge < -0.3 is 10.0 Å². The monoisotopic (exact) mass is 267 g/mol. The van der Waals surface area contributed by atoms with E-state index in [-0.39, 0.29) is 5.60 Å². The van der Waals surface area contributed by atoms with E-state index in [0.29, 0.717) is 6.04 Å². The number of unbranched alkanes of at least 4 members (excludes halogenated alkanes) is 6. The second-order valence-corrected chi connectivity index (χ2v) is 6.88. The van der Waals surface area contributed by atoms with Gasteiger partial charge in [-0.2, -0.15) is 0 Å². The van der Waals surface area contributed by atoms with Gasteiger partial charge in [0.2, 0.25) is 0 Å². The van der Waals surface area contributed by atoms with Gasteiger partial charge in [-0.15, -0.1) is 0 Å². The van der Waals surface area contributed by atoms with Crippen LogP contribution in [0.1, 0.15) is 84.0 Å². The van der Waals surface area contributed by atoms with E-state index in [1.54, 1.807) is 0 Å². The van der Waals surface area contributed by atoms with E-state index in [1.807, 2.05) is 0 Å². The van der Waals surface area contributed by atoms with Crippen LogP contribution in [0.2, 0.25) is 0 Å². The lowest BCUT2D eigenvalue weighted by atomic mass is 9.82. The Balaban J connectivity index is 1.57. The second-order valence-electron chi connectivity index (χ2n) is 6.88. The average molecular weight is 267 g/mol. The summed E-state index contributed by atoms with van der Waals surface area (Å²) in [6, 6.07) is 0.698. The summed E-state index contributed by atoms with van der Waals surface area (Å²) in [5.41, 5.74) is -0.324. The van der Waals surface area contributed by atoms with Crippen molar-refractivity contribution in [2.75, 3.05) is 13.1 Å². The molecular weight excluding hydrogens is 234 g/mol. The minimum atomic E-state index is -0.324. The zero-order valence-electron chi connectivity index (χ0n) is 12.9. The van der Waals surface area contributed by atoms with Crippen molar-refractivity contribution in [3.63, 3.8) is 0 Å². The van der Waals surface area contributed by atoms with Gasteiger partial charge in [-0.1, -0.05) is 51.9 Å². The van der Waals surface area contributed by atoms with Crippen LogP contribution in [0.5, 0.6) is 0 Å². The zero-order chi connectivity index (χ0) is 13.6. The minimum Gasteiger partial charge on any atom is -0.390 e.